The maximum atomic E-state index is 12.6. The number of aromatic nitrogens is 3. The Labute approximate surface area is 186 Å². The van der Waals surface area contributed by atoms with Crippen molar-refractivity contribution in [2.24, 2.45) is 0 Å². The van der Waals surface area contributed by atoms with Crippen LogP contribution in [0.5, 0.6) is 0 Å². The Hall–Kier alpha value is -3.81. The normalized spacial score (nSPS) is 13.4. The molecule has 2 aromatic heterocycles. The molecule has 164 valence electrons. The number of imide groups is 1. The van der Waals surface area contributed by atoms with Crippen molar-refractivity contribution in [3.63, 3.8) is 0 Å². The standard InChI is InChI=1S/C24H25N5O3/c1-24(2,3)18-15-20(29(27-18)19-11-6-7-13-25-19)26-21(30)12-8-14-28-22(31)16-9-4-5-10-17(16)23(28)32/h4-7,9-11,13,15H,8,12,14H2,1-3H3,(H,26,30). The average Bonchev–Trinajstić information content (AvgIpc) is 3.30. The van der Waals surface area contributed by atoms with Crippen LogP contribution in [0.3, 0.4) is 0 Å². The van der Waals surface area contributed by atoms with Gasteiger partial charge in [0.15, 0.2) is 5.82 Å². The summed E-state index contributed by atoms with van der Waals surface area (Å²) in [6.07, 6.45) is 2.19. The molecule has 8 nitrogen and oxygen atoms in total. The van der Waals surface area contributed by atoms with E-state index in [-0.39, 0.29) is 36.1 Å². The molecule has 4 rings (SSSR count). The van der Waals surface area contributed by atoms with Gasteiger partial charge in [0.25, 0.3) is 11.8 Å². The molecule has 0 spiro atoms. The first kappa shape index (κ1) is 21.4. The number of nitrogens with zero attached hydrogens (tertiary/aromatic N) is 4. The number of rotatable bonds is 6. The third kappa shape index (κ3) is 4.16. The first-order chi connectivity index (χ1) is 15.3. The van der Waals surface area contributed by atoms with Crippen LogP contribution >= 0.6 is 0 Å². The van der Waals surface area contributed by atoms with Crippen LogP contribution in [-0.2, 0) is 10.2 Å². The third-order valence-corrected chi connectivity index (χ3v) is 5.28. The van der Waals surface area contributed by atoms with Gasteiger partial charge in [-0.25, -0.2) is 4.98 Å². The summed E-state index contributed by atoms with van der Waals surface area (Å²) in [5, 5.41) is 7.53. The highest BCUT2D eigenvalue weighted by molar-refractivity contribution is 6.21. The van der Waals surface area contributed by atoms with Crippen LogP contribution in [0.2, 0.25) is 0 Å². The molecular formula is C24H25N5O3. The first-order valence-corrected chi connectivity index (χ1v) is 10.5. The Bertz CT molecular complexity index is 1140. The summed E-state index contributed by atoms with van der Waals surface area (Å²) in [6.45, 7) is 6.33. The lowest BCUT2D eigenvalue weighted by atomic mass is 9.92. The minimum absolute atomic E-state index is 0.158. The summed E-state index contributed by atoms with van der Waals surface area (Å²) in [4.78, 5) is 43.1. The molecule has 0 atom stereocenters. The molecule has 0 saturated carbocycles. The second-order valence-corrected chi connectivity index (χ2v) is 8.72. The van der Waals surface area contributed by atoms with E-state index >= 15 is 0 Å². The SMILES string of the molecule is CC(C)(C)c1cc(NC(=O)CCCN2C(=O)c3ccccc3C2=O)n(-c2ccccn2)n1. The molecule has 3 heterocycles. The van der Waals surface area contributed by atoms with E-state index < -0.39 is 0 Å². The fourth-order valence-electron chi connectivity index (χ4n) is 3.54. The molecule has 1 aliphatic rings. The Morgan fingerprint density at radius 1 is 1.00 bits per heavy atom. The van der Waals surface area contributed by atoms with Gasteiger partial charge in [0.05, 0.1) is 16.8 Å². The molecule has 3 aromatic rings. The van der Waals surface area contributed by atoms with Crippen LogP contribution in [0.1, 0.15) is 60.0 Å². The monoisotopic (exact) mass is 431 g/mol. The van der Waals surface area contributed by atoms with Gasteiger partial charge in [0.1, 0.15) is 5.82 Å². The number of anilines is 1. The molecule has 0 radical (unpaired) electrons. The highest BCUT2D eigenvalue weighted by Gasteiger charge is 2.34. The maximum absolute atomic E-state index is 12.6. The highest BCUT2D eigenvalue weighted by Crippen LogP contribution is 2.26. The third-order valence-electron chi connectivity index (χ3n) is 5.28. The molecule has 0 aliphatic carbocycles. The summed E-state index contributed by atoms with van der Waals surface area (Å²) in [7, 11) is 0. The van der Waals surface area contributed by atoms with Gasteiger partial charge in [-0.2, -0.15) is 9.78 Å². The van der Waals surface area contributed by atoms with Crippen LogP contribution in [0.25, 0.3) is 5.82 Å². The molecule has 0 unspecified atom stereocenters. The summed E-state index contributed by atoms with van der Waals surface area (Å²) in [5.41, 5.74) is 1.45. The molecule has 8 heteroatoms. The van der Waals surface area contributed by atoms with Crippen molar-refractivity contribution in [1.29, 1.82) is 0 Å². The van der Waals surface area contributed by atoms with Crippen LogP contribution in [-0.4, -0.2) is 43.9 Å². The lowest BCUT2D eigenvalue weighted by Gasteiger charge is -2.13. The van der Waals surface area contributed by atoms with Crippen molar-refractivity contribution in [3.8, 4) is 5.82 Å². The zero-order valence-electron chi connectivity index (χ0n) is 18.3. The van der Waals surface area contributed by atoms with E-state index in [1.54, 1.807) is 35.1 Å². The van der Waals surface area contributed by atoms with Crippen molar-refractivity contribution in [2.75, 3.05) is 11.9 Å². The van der Waals surface area contributed by atoms with Gasteiger partial charge >= 0.3 is 0 Å². The quantitative estimate of drug-likeness (QED) is 0.602. The molecule has 0 saturated heterocycles. The predicted octanol–water partition coefficient (Wildman–Crippen LogP) is 3.58. The summed E-state index contributed by atoms with van der Waals surface area (Å²) >= 11 is 0. The fourth-order valence-corrected chi connectivity index (χ4v) is 3.54. The highest BCUT2D eigenvalue weighted by atomic mass is 16.2. The number of fused-ring (bicyclic) bond motifs is 1. The molecule has 0 bridgehead atoms. The number of benzene rings is 1. The largest absolute Gasteiger partial charge is 0.311 e. The van der Waals surface area contributed by atoms with Gasteiger partial charge in [0.2, 0.25) is 5.91 Å². The van der Waals surface area contributed by atoms with Crippen molar-refractivity contribution in [1.82, 2.24) is 19.7 Å². The molecule has 32 heavy (non-hydrogen) atoms. The van der Waals surface area contributed by atoms with E-state index in [1.807, 2.05) is 45.0 Å². The zero-order valence-corrected chi connectivity index (χ0v) is 18.3. The molecular weight excluding hydrogens is 406 g/mol. The number of carbonyl (C=O) groups excluding carboxylic acids is 3. The number of hydrogen-bond donors (Lipinski definition) is 1. The molecule has 1 aliphatic heterocycles. The first-order valence-electron chi connectivity index (χ1n) is 10.5. The molecule has 0 fully saturated rings. The van der Waals surface area contributed by atoms with Gasteiger partial charge in [-0.3, -0.25) is 19.3 Å². The number of nitrogens with one attached hydrogen (secondary N) is 1. The van der Waals surface area contributed by atoms with Crippen LogP contribution in [0.15, 0.2) is 54.7 Å². The van der Waals surface area contributed by atoms with Gasteiger partial charge in [-0.1, -0.05) is 39.0 Å². The lowest BCUT2D eigenvalue weighted by Crippen LogP contribution is -2.31. The Morgan fingerprint density at radius 2 is 1.66 bits per heavy atom. The lowest BCUT2D eigenvalue weighted by molar-refractivity contribution is -0.116. The Balaban J connectivity index is 1.42. The second-order valence-electron chi connectivity index (χ2n) is 8.72. The summed E-state index contributed by atoms with van der Waals surface area (Å²) < 4.78 is 1.61. The number of carbonyl (C=O) groups is 3. The topological polar surface area (TPSA) is 97.2 Å². The van der Waals surface area contributed by atoms with Gasteiger partial charge in [0, 0.05) is 30.6 Å². The van der Waals surface area contributed by atoms with Crippen molar-refractivity contribution in [3.05, 3.63) is 71.5 Å². The maximum Gasteiger partial charge on any atom is 0.261 e. The van der Waals surface area contributed by atoms with Gasteiger partial charge in [-0.15, -0.1) is 0 Å². The van der Waals surface area contributed by atoms with E-state index in [4.69, 9.17) is 0 Å². The van der Waals surface area contributed by atoms with E-state index in [0.717, 1.165) is 5.69 Å². The van der Waals surface area contributed by atoms with Gasteiger partial charge in [-0.05, 0) is 30.7 Å². The van der Waals surface area contributed by atoms with E-state index in [9.17, 15) is 14.4 Å². The molecule has 1 aromatic carbocycles. The minimum atomic E-state index is -0.311. The Kier molecular flexibility index (Phi) is 5.61. The van der Waals surface area contributed by atoms with Crippen LogP contribution < -0.4 is 5.32 Å². The van der Waals surface area contributed by atoms with E-state index in [1.165, 1.54) is 4.90 Å². The number of amides is 3. The van der Waals surface area contributed by atoms with E-state index in [2.05, 4.69) is 15.4 Å². The smallest absolute Gasteiger partial charge is 0.261 e. The van der Waals surface area contributed by atoms with Crippen molar-refractivity contribution >= 4 is 23.5 Å². The predicted molar refractivity (Wildman–Crippen MR) is 120 cm³/mol. The fraction of sp³-hybridized carbons (Fsp3) is 0.292. The summed E-state index contributed by atoms with van der Waals surface area (Å²) in [5.74, 6) is 0.283. The average molecular weight is 431 g/mol. The van der Waals surface area contributed by atoms with E-state index in [0.29, 0.717) is 29.2 Å². The Morgan fingerprint density at radius 3 is 2.25 bits per heavy atom. The summed E-state index contributed by atoms with van der Waals surface area (Å²) in [6, 6.07) is 14.1. The minimum Gasteiger partial charge on any atom is -0.311 e. The number of pyridine rings is 1. The zero-order chi connectivity index (χ0) is 22.9. The molecule has 3 amide bonds. The van der Waals surface area contributed by atoms with Crippen molar-refractivity contribution < 1.29 is 14.4 Å². The van der Waals surface area contributed by atoms with Gasteiger partial charge < -0.3 is 5.32 Å². The molecule has 1 N–H and O–H groups in total. The van der Waals surface area contributed by atoms with Crippen LogP contribution in [0, 0.1) is 0 Å². The number of hydrogen-bond acceptors (Lipinski definition) is 5. The second kappa shape index (κ2) is 8.37. The van der Waals surface area contributed by atoms with Crippen molar-refractivity contribution in [2.45, 2.75) is 39.0 Å². The van der Waals surface area contributed by atoms with Crippen LogP contribution in [0.4, 0.5) is 5.82 Å².